The van der Waals surface area contributed by atoms with Crippen LogP contribution in [0.4, 0.5) is 5.82 Å². The molecule has 0 spiro atoms. The Morgan fingerprint density at radius 2 is 2.00 bits per heavy atom. The van der Waals surface area contributed by atoms with Crippen LogP contribution < -0.4 is 5.32 Å². The Bertz CT molecular complexity index is 288. The van der Waals surface area contributed by atoms with Gasteiger partial charge in [-0.25, -0.2) is 4.98 Å². The minimum atomic E-state index is -0.351. The van der Waals surface area contributed by atoms with Gasteiger partial charge in [-0.1, -0.05) is 13.8 Å². The molecule has 0 radical (unpaired) electrons. The molecule has 0 fully saturated rings. The van der Waals surface area contributed by atoms with Crippen molar-refractivity contribution in [3.05, 3.63) is 18.1 Å². The van der Waals surface area contributed by atoms with E-state index >= 15 is 0 Å². The average molecular weight is 195 g/mol. The lowest BCUT2D eigenvalue weighted by Gasteiger charge is -2.15. The van der Waals surface area contributed by atoms with E-state index in [-0.39, 0.29) is 12.0 Å². The molecule has 0 saturated heterocycles. The number of anilines is 1. The molecule has 4 heteroatoms. The van der Waals surface area contributed by atoms with Crippen molar-refractivity contribution in [1.82, 2.24) is 9.97 Å². The number of aliphatic hydroxyl groups excluding tert-OH is 1. The van der Waals surface area contributed by atoms with Gasteiger partial charge in [0.25, 0.3) is 0 Å². The van der Waals surface area contributed by atoms with Gasteiger partial charge >= 0.3 is 0 Å². The molecule has 1 atom stereocenters. The third-order valence-electron chi connectivity index (χ3n) is 2.13. The van der Waals surface area contributed by atoms with Crippen molar-refractivity contribution in [2.24, 2.45) is 5.92 Å². The van der Waals surface area contributed by atoms with Gasteiger partial charge in [-0.05, 0) is 12.8 Å². The minimum Gasteiger partial charge on any atom is -0.391 e. The van der Waals surface area contributed by atoms with Crippen LogP contribution in [0.3, 0.4) is 0 Å². The van der Waals surface area contributed by atoms with Gasteiger partial charge in [-0.15, -0.1) is 0 Å². The zero-order valence-electron chi connectivity index (χ0n) is 8.86. The Balaban J connectivity index is 2.50. The summed E-state index contributed by atoms with van der Waals surface area (Å²) < 4.78 is 0. The zero-order chi connectivity index (χ0) is 10.6. The van der Waals surface area contributed by atoms with E-state index in [1.54, 1.807) is 12.4 Å². The topological polar surface area (TPSA) is 58.0 Å². The number of nitrogens with one attached hydrogen (secondary N) is 1. The maximum Gasteiger partial charge on any atom is 0.147 e. The van der Waals surface area contributed by atoms with Crippen molar-refractivity contribution in [2.75, 3.05) is 11.9 Å². The second-order valence-electron chi connectivity index (χ2n) is 3.68. The zero-order valence-corrected chi connectivity index (χ0v) is 8.86. The van der Waals surface area contributed by atoms with E-state index in [4.69, 9.17) is 0 Å². The van der Waals surface area contributed by atoms with Crippen LogP contribution in [-0.2, 0) is 0 Å². The molecule has 1 rings (SSSR count). The normalized spacial score (nSPS) is 12.9. The van der Waals surface area contributed by atoms with E-state index < -0.39 is 0 Å². The van der Waals surface area contributed by atoms with Gasteiger partial charge in [-0.3, -0.25) is 4.98 Å². The smallest absolute Gasteiger partial charge is 0.147 e. The van der Waals surface area contributed by atoms with Gasteiger partial charge in [0.05, 0.1) is 11.8 Å². The summed E-state index contributed by atoms with van der Waals surface area (Å²) in [5, 5.41) is 12.6. The van der Waals surface area contributed by atoms with Crippen LogP contribution in [0.5, 0.6) is 0 Å². The van der Waals surface area contributed by atoms with Crippen LogP contribution >= 0.6 is 0 Å². The fourth-order valence-corrected chi connectivity index (χ4v) is 1.02. The van der Waals surface area contributed by atoms with Gasteiger partial charge in [0.2, 0.25) is 0 Å². The molecule has 78 valence electrons. The van der Waals surface area contributed by atoms with E-state index in [0.717, 1.165) is 11.5 Å². The number of rotatable bonds is 4. The summed E-state index contributed by atoms with van der Waals surface area (Å²) in [5.41, 5.74) is 0.850. The Hall–Kier alpha value is -1.16. The molecule has 0 amide bonds. The first-order valence-electron chi connectivity index (χ1n) is 4.80. The Morgan fingerprint density at radius 1 is 1.36 bits per heavy atom. The predicted molar refractivity (Wildman–Crippen MR) is 56.1 cm³/mol. The third kappa shape index (κ3) is 2.96. The molecule has 4 nitrogen and oxygen atoms in total. The molecule has 14 heavy (non-hydrogen) atoms. The summed E-state index contributed by atoms with van der Waals surface area (Å²) >= 11 is 0. The Kier molecular flexibility index (Phi) is 3.83. The van der Waals surface area contributed by atoms with Crippen LogP contribution in [0, 0.1) is 12.8 Å². The molecule has 0 aromatic carbocycles. The summed E-state index contributed by atoms with van der Waals surface area (Å²) in [4.78, 5) is 8.22. The number of aliphatic hydroxyl groups is 1. The van der Waals surface area contributed by atoms with Crippen molar-refractivity contribution in [2.45, 2.75) is 26.9 Å². The third-order valence-corrected chi connectivity index (χ3v) is 2.13. The van der Waals surface area contributed by atoms with Crippen molar-refractivity contribution in [3.63, 3.8) is 0 Å². The Labute approximate surface area is 84.4 Å². The van der Waals surface area contributed by atoms with Crippen LogP contribution in [0.15, 0.2) is 12.4 Å². The highest BCUT2D eigenvalue weighted by Crippen LogP contribution is 2.07. The molecule has 1 aromatic heterocycles. The molecule has 1 heterocycles. The van der Waals surface area contributed by atoms with Gasteiger partial charge in [0.15, 0.2) is 0 Å². The van der Waals surface area contributed by atoms with Crippen LogP contribution in [0.1, 0.15) is 19.5 Å². The van der Waals surface area contributed by atoms with Gasteiger partial charge in [-0.2, -0.15) is 0 Å². The number of aryl methyl sites for hydroxylation is 1. The lowest BCUT2D eigenvalue weighted by atomic mass is 10.1. The molecule has 0 aliphatic rings. The van der Waals surface area contributed by atoms with E-state index in [1.165, 1.54) is 0 Å². The highest BCUT2D eigenvalue weighted by atomic mass is 16.3. The van der Waals surface area contributed by atoms with Crippen molar-refractivity contribution in [1.29, 1.82) is 0 Å². The molecule has 0 aliphatic carbocycles. The SMILES string of the molecule is Cc1nccnc1NCC(O)C(C)C. The highest BCUT2D eigenvalue weighted by Gasteiger charge is 2.09. The number of hydrogen-bond acceptors (Lipinski definition) is 4. The van der Waals surface area contributed by atoms with Crippen molar-refractivity contribution >= 4 is 5.82 Å². The van der Waals surface area contributed by atoms with Gasteiger partial charge < -0.3 is 10.4 Å². The molecule has 1 unspecified atom stereocenters. The van der Waals surface area contributed by atoms with E-state index in [0.29, 0.717) is 6.54 Å². The van der Waals surface area contributed by atoms with E-state index in [9.17, 15) is 5.11 Å². The minimum absolute atomic E-state index is 0.250. The molecule has 0 bridgehead atoms. The number of aromatic nitrogens is 2. The molecule has 0 aliphatic heterocycles. The molecular formula is C10H17N3O. The summed E-state index contributed by atoms with van der Waals surface area (Å²) in [7, 11) is 0. The Morgan fingerprint density at radius 3 is 2.57 bits per heavy atom. The molecular weight excluding hydrogens is 178 g/mol. The van der Waals surface area contributed by atoms with Gasteiger partial charge in [0.1, 0.15) is 5.82 Å². The highest BCUT2D eigenvalue weighted by molar-refractivity contribution is 5.38. The summed E-state index contributed by atoms with van der Waals surface area (Å²) in [5.74, 6) is 0.992. The van der Waals surface area contributed by atoms with Crippen molar-refractivity contribution < 1.29 is 5.11 Å². The van der Waals surface area contributed by atoms with E-state index in [2.05, 4.69) is 15.3 Å². The second kappa shape index (κ2) is 4.91. The fraction of sp³-hybridized carbons (Fsp3) is 0.600. The lowest BCUT2D eigenvalue weighted by Crippen LogP contribution is -2.25. The second-order valence-corrected chi connectivity index (χ2v) is 3.68. The first-order valence-corrected chi connectivity index (χ1v) is 4.80. The summed E-state index contributed by atoms with van der Waals surface area (Å²) in [6.07, 6.45) is 2.94. The summed E-state index contributed by atoms with van der Waals surface area (Å²) in [6.45, 7) is 6.36. The van der Waals surface area contributed by atoms with E-state index in [1.807, 2.05) is 20.8 Å². The molecule has 0 saturated carbocycles. The number of hydrogen-bond donors (Lipinski definition) is 2. The maximum absolute atomic E-state index is 9.57. The standard InChI is InChI=1S/C10H17N3O/c1-7(2)9(14)6-13-10-8(3)11-4-5-12-10/h4-5,7,9,14H,6H2,1-3H3,(H,12,13). The van der Waals surface area contributed by atoms with Crippen molar-refractivity contribution in [3.8, 4) is 0 Å². The van der Waals surface area contributed by atoms with Crippen LogP contribution in [0.25, 0.3) is 0 Å². The predicted octanol–water partition coefficient (Wildman–Crippen LogP) is 1.21. The van der Waals surface area contributed by atoms with Gasteiger partial charge in [0, 0.05) is 18.9 Å². The number of nitrogens with zero attached hydrogens (tertiary/aromatic N) is 2. The first kappa shape index (κ1) is 10.9. The summed E-state index contributed by atoms with van der Waals surface area (Å²) in [6, 6.07) is 0. The lowest BCUT2D eigenvalue weighted by molar-refractivity contribution is 0.138. The van der Waals surface area contributed by atoms with Crippen LogP contribution in [-0.4, -0.2) is 27.7 Å². The fourth-order valence-electron chi connectivity index (χ4n) is 1.02. The monoisotopic (exact) mass is 195 g/mol. The average Bonchev–Trinajstić information content (AvgIpc) is 2.16. The first-order chi connectivity index (χ1) is 6.61. The van der Waals surface area contributed by atoms with Crippen LogP contribution in [0.2, 0.25) is 0 Å². The molecule has 1 aromatic rings. The maximum atomic E-state index is 9.57. The largest absolute Gasteiger partial charge is 0.391 e. The molecule has 2 N–H and O–H groups in total. The quantitative estimate of drug-likeness (QED) is 0.758.